The molecule has 6 nitrogen and oxygen atoms in total. The van der Waals surface area contributed by atoms with Crippen LogP contribution in [0.5, 0.6) is 0 Å². The van der Waals surface area contributed by atoms with Gasteiger partial charge in [0.25, 0.3) is 5.56 Å². The molecule has 1 aromatic carbocycles. The van der Waals surface area contributed by atoms with Crippen molar-refractivity contribution in [3.63, 3.8) is 0 Å². The summed E-state index contributed by atoms with van der Waals surface area (Å²) in [5.74, 6) is 0.330. The number of nitrogens with zero attached hydrogens (tertiary/aromatic N) is 3. The molecule has 3 aromatic heterocycles. The highest BCUT2D eigenvalue weighted by molar-refractivity contribution is 7.99. The molecule has 8 heteroatoms. The van der Waals surface area contributed by atoms with Crippen molar-refractivity contribution in [3.8, 4) is 0 Å². The SMILES string of the molecule is CCc1ccccc1NC(=O)CSc1nc2c(sc3ncccc32)c(=O)n1CC(C)C. The largest absolute Gasteiger partial charge is 0.325 e. The number of aromatic nitrogens is 3. The number of carbonyl (C=O) groups is 1. The van der Waals surface area contributed by atoms with Gasteiger partial charge < -0.3 is 5.32 Å². The third-order valence-corrected chi connectivity index (χ3v) is 6.94. The minimum absolute atomic E-state index is 0.0686. The first-order valence-corrected chi connectivity index (χ1v) is 12.1. The lowest BCUT2D eigenvalue weighted by Crippen LogP contribution is -2.25. The van der Waals surface area contributed by atoms with Crippen molar-refractivity contribution in [1.29, 1.82) is 0 Å². The zero-order valence-corrected chi connectivity index (χ0v) is 19.3. The number of amides is 1. The Labute approximate surface area is 188 Å². The third kappa shape index (κ3) is 4.50. The zero-order chi connectivity index (χ0) is 22.0. The fourth-order valence-corrected chi connectivity index (χ4v) is 5.28. The molecule has 160 valence electrons. The normalized spacial score (nSPS) is 11.5. The van der Waals surface area contributed by atoms with Gasteiger partial charge in [0.15, 0.2) is 5.16 Å². The zero-order valence-electron chi connectivity index (χ0n) is 17.7. The maximum atomic E-state index is 13.3. The van der Waals surface area contributed by atoms with Crippen LogP contribution in [0.1, 0.15) is 26.3 Å². The van der Waals surface area contributed by atoms with E-state index in [1.165, 1.54) is 23.1 Å². The van der Waals surface area contributed by atoms with Crippen LogP contribution in [0.4, 0.5) is 5.69 Å². The summed E-state index contributed by atoms with van der Waals surface area (Å²) in [6.45, 7) is 6.73. The van der Waals surface area contributed by atoms with Crippen LogP contribution in [0.25, 0.3) is 20.4 Å². The number of pyridine rings is 1. The predicted octanol–water partition coefficient (Wildman–Crippen LogP) is 4.96. The first-order chi connectivity index (χ1) is 15.0. The van der Waals surface area contributed by atoms with Gasteiger partial charge in [0.1, 0.15) is 9.53 Å². The Morgan fingerprint density at radius 3 is 2.81 bits per heavy atom. The van der Waals surface area contributed by atoms with E-state index in [2.05, 4.69) is 31.1 Å². The van der Waals surface area contributed by atoms with E-state index in [0.29, 0.717) is 21.9 Å². The lowest BCUT2D eigenvalue weighted by molar-refractivity contribution is -0.113. The number of thiophene rings is 1. The number of hydrogen-bond donors (Lipinski definition) is 1. The van der Waals surface area contributed by atoms with Crippen LogP contribution in [-0.4, -0.2) is 26.2 Å². The van der Waals surface area contributed by atoms with E-state index in [1.807, 2.05) is 36.4 Å². The molecule has 3 heterocycles. The second-order valence-electron chi connectivity index (χ2n) is 7.69. The van der Waals surface area contributed by atoms with Gasteiger partial charge in [-0.3, -0.25) is 14.2 Å². The summed E-state index contributed by atoms with van der Waals surface area (Å²) in [5, 5.41) is 4.42. The van der Waals surface area contributed by atoms with Gasteiger partial charge in [-0.15, -0.1) is 11.3 Å². The highest BCUT2D eigenvalue weighted by Gasteiger charge is 2.18. The average Bonchev–Trinajstić information content (AvgIpc) is 3.13. The van der Waals surface area contributed by atoms with Gasteiger partial charge in [-0.2, -0.15) is 0 Å². The molecule has 0 saturated heterocycles. The molecule has 0 aliphatic carbocycles. The fraction of sp³-hybridized carbons (Fsp3) is 0.304. The van der Waals surface area contributed by atoms with Gasteiger partial charge in [0.2, 0.25) is 5.91 Å². The summed E-state index contributed by atoms with van der Waals surface area (Å²) >= 11 is 2.67. The molecule has 0 aliphatic rings. The molecule has 0 unspecified atom stereocenters. The molecular formula is C23H24N4O2S2. The first kappa shape index (κ1) is 21.5. The number of carbonyl (C=O) groups excluding carboxylic acids is 1. The van der Waals surface area contributed by atoms with E-state index in [-0.39, 0.29) is 23.1 Å². The molecule has 0 spiro atoms. The van der Waals surface area contributed by atoms with Crippen LogP contribution in [0.2, 0.25) is 0 Å². The first-order valence-electron chi connectivity index (χ1n) is 10.3. The highest BCUT2D eigenvalue weighted by Crippen LogP contribution is 2.30. The van der Waals surface area contributed by atoms with Crippen LogP contribution in [0, 0.1) is 5.92 Å². The Balaban J connectivity index is 1.66. The number of aryl methyl sites for hydroxylation is 1. The number of anilines is 1. The van der Waals surface area contributed by atoms with Crippen LogP contribution in [0.15, 0.2) is 52.5 Å². The third-order valence-electron chi connectivity index (χ3n) is 4.87. The van der Waals surface area contributed by atoms with Gasteiger partial charge in [-0.05, 0) is 36.1 Å². The summed E-state index contributed by atoms with van der Waals surface area (Å²) < 4.78 is 2.31. The van der Waals surface area contributed by atoms with Crippen LogP contribution < -0.4 is 10.9 Å². The van der Waals surface area contributed by atoms with Crippen molar-refractivity contribution in [2.75, 3.05) is 11.1 Å². The molecule has 4 aromatic rings. The lowest BCUT2D eigenvalue weighted by atomic mass is 10.1. The quantitative estimate of drug-likeness (QED) is 0.317. The Hall–Kier alpha value is -2.71. The van der Waals surface area contributed by atoms with Crippen molar-refractivity contribution < 1.29 is 4.79 Å². The minimum Gasteiger partial charge on any atom is -0.325 e. The molecule has 0 aliphatic heterocycles. The maximum Gasteiger partial charge on any atom is 0.272 e. The molecule has 1 N–H and O–H groups in total. The number of thioether (sulfide) groups is 1. The summed E-state index contributed by atoms with van der Waals surface area (Å²) in [7, 11) is 0. The molecule has 0 fully saturated rings. The Kier molecular flexibility index (Phi) is 6.38. The van der Waals surface area contributed by atoms with Gasteiger partial charge in [0.05, 0.1) is 11.3 Å². The predicted molar refractivity (Wildman–Crippen MR) is 129 cm³/mol. The molecule has 1 amide bonds. The van der Waals surface area contributed by atoms with Crippen LogP contribution >= 0.6 is 23.1 Å². The number of para-hydroxylation sites is 1. The van der Waals surface area contributed by atoms with E-state index in [1.54, 1.807) is 10.8 Å². The smallest absolute Gasteiger partial charge is 0.272 e. The number of hydrogen-bond acceptors (Lipinski definition) is 6. The fourth-order valence-electron chi connectivity index (χ4n) is 3.44. The number of fused-ring (bicyclic) bond motifs is 3. The van der Waals surface area contributed by atoms with Gasteiger partial charge in [-0.25, -0.2) is 9.97 Å². The van der Waals surface area contributed by atoms with Gasteiger partial charge in [-0.1, -0.05) is 50.7 Å². The van der Waals surface area contributed by atoms with Gasteiger partial charge in [0, 0.05) is 23.8 Å². The van der Waals surface area contributed by atoms with Crippen LogP contribution in [0.3, 0.4) is 0 Å². The topological polar surface area (TPSA) is 76.9 Å². The van der Waals surface area contributed by atoms with E-state index >= 15 is 0 Å². The molecule has 0 bridgehead atoms. The maximum absolute atomic E-state index is 13.3. The summed E-state index contributed by atoms with van der Waals surface area (Å²) in [5.41, 5.74) is 2.51. The summed E-state index contributed by atoms with van der Waals surface area (Å²) in [4.78, 5) is 35.9. The van der Waals surface area contributed by atoms with E-state index in [9.17, 15) is 9.59 Å². The Bertz CT molecular complexity index is 1310. The molecule has 0 radical (unpaired) electrons. The minimum atomic E-state index is -0.117. The summed E-state index contributed by atoms with van der Waals surface area (Å²) in [6, 6.07) is 11.6. The second-order valence-corrected chi connectivity index (χ2v) is 9.63. The van der Waals surface area contributed by atoms with E-state index in [0.717, 1.165) is 27.9 Å². The average molecular weight is 453 g/mol. The van der Waals surface area contributed by atoms with E-state index in [4.69, 9.17) is 4.98 Å². The molecule has 4 rings (SSSR count). The van der Waals surface area contributed by atoms with Crippen molar-refractivity contribution >= 4 is 55.1 Å². The van der Waals surface area contributed by atoms with Crippen molar-refractivity contribution in [2.24, 2.45) is 5.92 Å². The lowest BCUT2D eigenvalue weighted by Gasteiger charge is -2.14. The van der Waals surface area contributed by atoms with E-state index < -0.39 is 0 Å². The highest BCUT2D eigenvalue weighted by atomic mass is 32.2. The molecule has 0 saturated carbocycles. The summed E-state index contributed by atoms with van der Waals surface area (Å²) in [6.07, 6.45) is 2.56. The molecular weight excluding hydrogens is 428 g/mol. The molecule has 31 heavy (non-hydrogen) atoms. The van der Waals surface area contributed by atoms with Crippen molar-refractivity contribution in [2.45, 2.75) is 38.9 Å². The van der Waals surface area contributed by atoms with Crippen LogP contribution in [-0.2, 0) is 17.8 Å². The van der Waals surface area contributed by atoms with Crippen molar-refractivity contribution in [1.82, 2.24) is 14.5 Å². The standard InChI is InChI=1S/C23H24N4O2S2/c1-4-15-8-5-6-10-17(15)25-18(28)13-30-23-26-19-16-9-7-11-24-21(16)31-20(19)22(29)27(23)12-14(2)3/h5-11,14H,4,12-13H2,1-3H3,(H,25,28). The number of benzene rings is 1. The number of nitrogens with one attached hydrogen (secondary N) is 1. The Morgan fingerprint density at radius 1 is 1.23 bits per heavy atom. The monoisotopic (exact) mass is 452 g/mol. The van der Waals surface area contributed by atoms with Gasteiger partial charge >= 0.3 is 0 Å². The van der Waals surface area contributed by atoms with Crippen molar-refractivity contribution in [3.05, 3.63) is 58.5 Å². The molecule has 0 atom stereocenters. The second kappa shape index (κ2) is 9.20. The Morgan fingerprint density at radius 2 is 2.03 bits per heavy atom. The number of rotatable bonds is 7.